The van der Waals surface area contributed by atoms with Crippen molar-refractivity contribution in [2.75, 3.05) is 12.1 Å². The van der Waals surface area contributed by atoms with E-state index in [1.807, 2.05) is 6.07 Å². The summed E-state index contributed by atoms with van der Waals surface area (Å²) in [6, 6.07) is 11.6. The zero-order chi connectivity index (χ0) is 22.4. The number of H-pyrrole nitrogens is 1. The Morgan fingerprint density at radius 3 is 2.88 bits per heavy atom. The number of carbonyl (C=O) groups is 1. The van der Waals surface area contributed by atoms with Crippen LogP contribution in [0.15, 0.2) is 53.3 Å². The average molecular weight is 465 g/mol. The molecule has 6 rings (SSSR count). The molecule has 0 spiro atoms. The number of hydrogen-bond donors (Lipinski definition) is 2. The Labute approximate surface area is 192 Å². The lowest BCUT2D eigenvalue weighted by molar-refractivity contribution is 0.155. The number of ether oxygens (including phenoxy) is 2. The number of hydrogen-bond acceptors (Lipinski definition) is 7. The van der Waals surface area contributed by atoms with Crippen LogP contribution in [0.5, 0.6) is 11.5 Å². The van der Waals surface area contributed by atoms with Gasteiger partial charge in [0, 0.05) is 22.7 Å². The van der Waals surface area contributed by atoms with Gasteiger partial charge in [-0.3, -0.25) is 0 Å². The van der Waals surface area contributed by atoms with E-state index in [-0.39, 0.29) is 12.8 Å². The molecule has 2 aromatic carbocycles. The van der Waals surface area contributed by atoms with Gasteiger partial charge in [0.25, 0.3) is 0 Å². The normalized spacial score (nSPS) is 16.5. The molecule has 0 saturated heterocycles. The molecule has 166 valence electrons. The number of anilines is 1. The van der Waals surface area contributed by atoms with Crippen LogP contribution in [0.25, 0.3) is 11.4 Å². The molecule has 2 amide bonds. The minimum atomic E-state index is -0.483. The summed E-state index contributed by atoms with van der Waals surface area (Å²) < 4.78 is 16.4. The summed E-state index contributed by atoms with van der Waals surface area (Å²) in [7, 11) is 0. The third-order valence-electron chi connectivity index (χ3n) is 5.61. The smallest absolute Gasteiger partial charge is 0.322 e. The number of aromatic amines is 1. The van der Waals surface area contributed by atoms with Crippen molar-refractivity contribution in [2.45, 2.75) is 19.0 Å². The summed E-state index contributed by atoms with van der Waals surface area (Å²) in [5, 5.41) is 7.63. The van der Waals surface area contributed by atoms with Crippen LogP contribution in [-0.4, -0.2) is 37.8 Å². The maximum absolute atomic E-state index is 13.2. The van der Waals surface area contributed by atoms with Gasteiger partial charge in [0.15, 0.2) is 11.5 Å². The van der Waals surface area contributed by atoms with Crippen molar-refractivity contribution in [3.8, 4) is 22.9 Å². The number of nitrogens with one attached hydrogen (secondary N) is 2. The Bertz CT molecular complexity index is 1330. The number of halogens is 1. The van der Waals surface area contributed by atoms with Crippen LogP contribution >= 0.6 is 11.6 Å². The van der Waals surface area contributed by atoms with E-state index in [0.717, 1.165) is 17.0 Å². The zero-order valence-electron chi connectivity index (χ0n) is 17.1. The monoisotopic (exact) mass is 464 g/mol. The number of aromatic nitrogens is 4. The highest BCUT2D eigenvalue weighted by molar-refractivity contribution is 6.30. The average Bonchev–Trinajstić information content (AvgIpc) is 3.58. The van der Waals surface area contributed by atoms with Crippen molar-refractivity contribution in [1.82, 2.24) is 25.0 Å². The fourth-order valence-electron chi connectivity index (χ4n) is 3.92. The van der Waals surface area contributed by atoms with Crippen LogP contribution < -0.4 is 14.8 Å². The highest BCUT2D eigenvalue weighted by atomic mass is 35.5. The minimum Gasteiger partial charge on any atom is -0.454 e. The van der Waals surface area contributed by atoms with Crippen LogP contribution in [0.1, 0.15) is 23.3 Å². The van der Waals surface area contributed by atoms with Gasteiger partial charge in [-0.15, -0.1) is 0 Å². The minimum absolute atomic E-state index is 0.183. The van der Waals surface area contributed by atoms with Crippen molar-refractivity contribution < 1.29 is 18.8 Å². The Morgan fingerprint density at radius 2 is 2.00 bits per heavy atom. The first kappa shape index (κ1) is 19.6. The van der Waals surface area contributed by atoms with Gasteiger partial charge in [0.05, 0.1) is 24.3 Å². The Hall–Kier alpha value is -4.05. The number of carbonyl (C=O) groups excluding carboxylic acids is 1. The molecule has 2 aliphatic heterocycles. The molecule has 0 unspecified atom stereocenters. The lowest BCUT2D eigenvalue weighted by Crippen LogP contribution is -2.41. The highest BCUT2D eigenvalue weighted by Crippen LogP contribution is 2.36. The number of benzene rings is 2. The molecule has 4 heterocycles. The Balaban J connectivity index is 1.30. The lowest BCUT2D eigenvalue weighted by atomic mass is 10.0. The van der Waals surface area contributed by atoms with E-state index in [1.165, 1.54) is 0 Å². The first-order chi connectivity index (χ1) is 16.1. The van der Waals surface area contributed by atoms with E-state index in [0.29, 0.717) is 46.9 Å². The van der Waals surface area contributed by atoms with Gasteiger partial charge in [-0.05, 0) is 42.5 Å². The molecule has 0 saturated carbocycles. The Kier molecular flexibility index (Phi) is 4.65. The summed E-state index contributed by atoms with van der Waals surface area (Å²) in [6.07, 6.45) is 2.06. The number of urea groups is 1. The summed E-state index contributed by atoms with van der Waals surface area (Å²) in [5.41, 5.74) is 3.08. The van der Waals surface area contributed by atoms with E-state index in [9.17, 15) is 4.79 Å². The van der Waals surface area contributed by atoms with Gasteiger partial charge in [-0.1, -0.05) is 16.8 Å². The van der Waals surface area contributed by atoms with E-state index in [4.69, 9.17) is 25.6 Å². The molecule has 2 N–H and O–H groups in total. The number of imidazole rings is 1. The first-order valence-electron chi connectivity index (χ1n) is 10.2. The topological polar surface area (TPSA) is 118 Å². The molecule has 0 fully saturated rings. The molecule has 11 heteroatoms. The molecule has 4 aromatic rings. The second kappa shape index (κ2) is 7.82. The van der Waals surface area contributed by atoms with Gasteiger partial charge in [-0.2, -0.15) is 4.98 Å². The van der Waals surface area contributed by atoms with Crippen molar-refractivity contribution in [3.05, 3.63) is 71.1 Å². The molecule has 2 aliphatic rings. The van der Waals surface area contributed by atoms with Gasteiger partial charge >= 0.3 is 6.03 Å². The number of rotatable bonds is 3. The lowest BCUT2D eigenvalue weighted by Gasteiger charge is -2.32. The second-order valence-electron chi connectivity index (χ2n) is 7.64. The fourth-order valence-corrected chi connectivity index (χ4v) is 4.05. The van der Waals surface area contributed by atoms with Crippen molar-refractivity contribution in [2.24, 2.45) is 0 Å². The molecule has 0 aliphatic carbocycles. The van der Waals surface area contributed by atoms with Crippen LogP contribution in [0.3, 0.4) is 0 Å². The third-order valence-corrected chi connectivity index (χ3v) is 5.86. The van der Waals surface area contributed by atoms with Crippen molar-refractivity contribution in [3.63, 3.8) is 0 Å². The predicted molar refractivity (Wildman–Crippen MR) is 117 cm³/mol. The SMILES string of the molecule is O=C(Nc1ccc(Cl)cc1)N1Cc2[nH]cnc2C[C@H]1c1nc(-c2ccc3c(c2)OCO3)no1. The second-order valence-corrected chi connectivity index (χ2v) is 8.07. The molecule has 10 nitrogen and oxygen atoms in total. The van der Waals surface area contributed by atoms with Crippen LogP contribution in [0.2, 0.25) is 5.02 Å². The molecular formula is C22H17ClN6O4. The van der Waals surface area contributed by atoms with E-state index in [1.54, 1.807) is 47.6 Å². The summed E-state index contributed by atoms with van der Waals surface area (Å²) >= 11 is 5.95. The van der Waals surface area contributed by atoms with Crippen LogP contribution in [0, 0.1) is 0 Å². The van der Waals surface area contributed by atoms with Crippen LogP contribution in [0.4, 0.5) is 10.5 Å². The van der Waals surface area contributed by atoms with E-state index >= 15 is 0 Å². The van der Waals surface area contributed by atoms with Gasteiger partial charge in [0.1, 0.15) is 6.04 Å². The molecule has 0 radical (unpaired) electrons. The summed E-state index contributed by atoms with van der Waals surface area (Å²) in [5.74, 6) is 2.02. The van der Waals surface area contributed by atoms with Crippen LogP contribution in [-0.2, 0) is 13.0 Å². The Morgan fingerprint density at radius 1 is 1.15 bits per heavy atom. The maximum atomic E-state index is 13.2. The summed E-state index contributed by atoms with van der Waals surface area (Å²) in [6.45, 7) is 0.503. The fraction of sp³-hybridized carbons (Fsp3) is 0.182. The maximum Gasteiger partial charge on any atom is 0.322 e. The largest absolute Gasteiger partial charge is 0.454 e. The van der Waals surface area contributed by atoms with E-state index < -0.39 is 6.04 Å². The molecule has 33 heavy (non-hydrogen) atoms. The molecular weight excluding hydrogens is 448 g/mol. The van der Waals surface area contributed by atoms with E-state index in [2.05, 4.69) is 25.4 Å². The zero-order valence-corrected chi connectivity index (χ0v) is 17.9. The quantitative estimate of drug-likeness (QED) is 0.467. The number of nitrogens with zero attached hydrogens (tertiary/aromatic N) is 4. The standard InChI is InChI=1S/C22H17ClN6O4/c23-13-2-4-14(5-3-13)26-22(30)29-9-16-15(24-10-25-16)8-17(29)21-27-20(28-33-21)12-1-6-18-19(7-12)32-11-31-18/h1-7,10,17H,8-9,11H2,(H,24,25)(H,26,30)/t17-/m0/s1. The van der Waals surface area contributed by atoms with Gasteiger partial charge in [0.2, 0.25) is 18.5 Å². The van der Waals surface area contributed by atoms with Gasteiger partial charge < -0.3 is 29.2 Å². The molecule has 0 bridgehead atoms. The van der Waals surface area contributed by atoms with Crippen molar-refractivity contribution >= 4 is 23.3 Å². The highest BCUT2D eigenvalue weighted by Gasteiger charge is 2.36. The third kappa shape index (κ3) is 3.64. The number of fused-ring (bicyclic) bond motifs is 2. The number of amides is 2. The van der Waals surface area contributed by atoms with Gasteiger partial charge in [-0.25, -0.2) is 9.78 Å². The first-order valence-corrected chi connectivity index (χ1v) is 10.6. The molecule has 2 aromatic heterocycles. The molecule has 1 atom stereocenters. The summed E-state index contributed by atoms with van der Waals surface area (Å²) in [4.78, 5) is 26.9. The predicted octanol–water partition coefficient (Wildman–Crippen LogP) is 4.17. The van der Waals surface area contributed by atoms with Crippen molar-refractivity contribution in [1.29, 1.82) is 0 Å².